The molecule has 0 radical (unpaired) electrons. The first-order chi connectivity index (χ1) is 56.3. The lowest BCUT2D eigenvalue weighted by Gasteiger charge is -2.42. The smallest absolute Gasteiger partial charge is 0.161 e. The third-order valence-electron chi connectivity index (χ3n) is 23.3. The van der Waals surface area contributed by atoms with E-state index in [1.807, 2.05) is 183 Å². The number of methoxy groups -OCH3 is 8. The molecule has 0 saturated heterocycles. The molecule has 0 bridgehead atoms. The molecular weight excluding hydrogens is 1490 g/mol. The van der Waals surface area contributed by atoms with Crippen molar-refractivity contribution in [1.29, 1.82) is 0 Å². The normalized spacial score (nSPS) is 20.4. The number of ether oxygens (including phenoxy) is 12. The van der Waals surface area contributed by atoms with Gasteiger partial charge in [-0.25, -0.2) is 0 Å². The predicted molar refractivity (Wildman–Crippen MR) is 445 cm³/mol. The van der Waals surface area contributed by atoms with Crippen molar-refractivity contribution in [2.75, 3.05) is 83.3 Å². The highest BCUT2D eigenvalue weighted by atomic mass is 16.5. The van der Waals surface area contributed by atoms with E-state index in [1.165, 1.54) is 0 Å². The van der Waals surface area contributed by atoms with Crippen molar-refractivity contribution in [2.24, 2.45) is 0 Å². The van der Waals surface area contributed by atoms with E-state index in [2.05, 4.69) is 6.92 Å². The minimum absolute atomic E-state index is 0.124. The standard InChI is InChI=1S/C25H26O6.C25H26O4.C24H24O5.C23H22O5/c1-15-21(26)11-10-19-24(15)31-14-20(16-5-12-22(29-3)23(13-16)30-4)25(19,27)17-6-8-18(28-2)9-7-17;1-16-5-14-22-24(17(16)2)29-15-23(18-6-10-20(27-3)11-7-18)25(22,26)19-8-12-21(28-4)13-9-19;1-15-22(25)13-12-20-23(15)29-14-21(16-4-8-18(27-2)9-5-16)24(20,26)17-6-10-19(28-3)11-7-17;1-14-21(25)12-11-19-22(14)28-13-20(15-3-7-17(24)8-4-15)23(19,26)16-5-9-18(27-2)10-6-16/h5-13,20,26-27H,14H2,1-4H3;5-14,23,26H,15H2,1-4H3;4-13,21,25-26H,14H2,1-3H3;3-12,20,24-26H,13H2,1-2H3. The summed E-state index contributed by atoms with van der Waals surface area (Å²) < 4.78 is 66.9. The molecule has 0 saturated carbocycles. The molecule has 8 unspecified atom stereocenters. The maximum atomic E-state index is 12.3. The average molecular weight is 1580 g/mol. The third-order valence-corrected chi connectivity index (χ3v) is 23.3. The second-order valence-corrected chi connectivity index (χ2v) is 29.3. The Balaban J connectivity index is 0.000000136. The van der Waals surface area contributed by atoms with Crippen LogP contribution >= 0.6 is 0 Å². The summed E-state index contributed by atoms with van der Waals surface area (Å²) in [5.74, 6) is 6.96. The van der Waals surface area contributed by atoms with Crippen molar-refractivity contribution in [3.05, 3.63) is 331 Å². The molecule has 0 aliphatic carbocycles. The topological polar surface area (TPSA) is 273 Å². The molecule has 606 valence electrons. The van der Waals surface area contributed by atoms with Crippen LogP contribution in [0.15, 0.2) is 237 Å². The van der Waals surface area contributed by atoms with Crippen LogP contribution in [-0.4, -0.2) is 124 Å². The fourth-order valence-electron chi connectivity index (χ4n) is 16.3. The van der Waals surface area contributed by atoms with Crippen molar-refractivity contribution in [3.63, 3.8) is 0 Å². The summed E-state index contributed by atoms with van der Waals surface area (Å²) in [7, 11) is 12.9. The summed E-state index contributed by atoms with van der Waals surface area (Å²) in [6.45, 7) is 10.5. The van der Waals surface area contributed by atoms with E-state index >= 15 is 0 Å². The SMILES string of the molecule is COc1ccc(C2(O)c3ccc(O)c(C)c3OCC2c2ccc(O)cc2)cc1.COc1ccc(C2(O)c3ccc(O)c(C)c3OCC2c2ccc(OC)c(OC)c2)cc1.COc1ccc(C2COc3c(ccc(C)c3C)C2(O)c2ccc(OC)cc2)cc1.COc1ccc(C2COc3c(ccc(O)c3C)C2(O)c2ccc(OC)cc2)cc1. The van der Waals surface area contributed by atoms with Crippen molar-refractivity contribution in [3.8, 4) is 92.0 Å². The zero-order chi connectivity index (χ0) is 83.3. The van der Waals surface area contributed by atoms with Crippen LogP contribution in [0.4, 0.5) is 0 Å². The zero-order valence-electron chi connectivity index (χ0n) is 67.6. The van der Waals surface area contributed by atoms with Crippen molar-refractivity contribution in [1.82, 2.24) is 0 Å². The maximum absolute atomic E-state index is 12.3. The van der Waals surface area contributed by atoms with Crippen LogP contribution in [0.1, 0.15) is 118 Å². The molecule has 0 amide bonds. The quantitative estimate of drug-likeness (QED) is 0.0446. The number of rotatable bonds is 16. The molecule has 4 aliphatic heterocycles. The van der Waals surface area contributed by atoms with Crippen LogP contribution in [0.5, 0.6) is 92.0 Å². The van der Waals surface area contributed by atoms with E-state index in [9.17, 15) is 40.9 Å². The number of phenolic OH excluding ortho intramolecular Hbond substituents is 4. The molecule has 117 heavy (non-hydrogen) atoms. The Bertz CT molecular complexity index is 5300. The Labute approximate surface area is 681 Å². The van der Waals surface area contributed by atoms with E-state index in [-0.39, 0.29) is 54.7 Å². The van der Waals surface area contributed by atoms with Gasteiger partial charge in [0.25, 0.3) is 0 Å². The van der Waals surface area contributed by atoms with Gasteiger partial charge in [-0.3, -0.25) is 0 Å². The van der Waals surface area contributed by atoms with Gasteiger partial charge in [0.1, 0.15) is 103 Å². The van der Waals surface area contributed by atoms with Gasteiger partial charge in [-0.05, 0) is 224 Å². The fraction of sp³-hybridized carbons (Fsp3) is 0.258. The minimum Gasteiger partial charge on any atom is -0.508 e. The summed E-state index contributed by atoms with van der Waals surface area (Å²) in [6.07, 6.45) is 0. The summed E-state index contributed by atoms with van der Waals surface area (Å²) in [5.41, 5.74) is 7.79. The summed E-state index contributed by atoms with van der Waals surface area (Å²) >= 11 is 0. The number of hydrogen-bond acceptors (Lipinski definition) is 20. The zero-order valence-corrected chi connectivity index (χ0v) is 67.6. The van der Waals surface area contributed by atoms with Crippen molar-refractivity contribution >= 4 is 0 Å². The number of fused-ring (bicyclic) bond motifs is 4. The molecule has 20 nitrogen and oxygen atoms in total. The second-order valence-electron chi connectivity index (χ2n) is 29.3. The van der Waals surface area contributed by atoms with Crippen LogP contribution in [0, 0.1) is 34.6 Å². The average Bonchev–Trinajstić information content (AvgIpc) is 0.744. The third kappa shape index (κ3) is 15.4. The number of aryl methyl sites for hydroxylation is 1. The van der Waals surface area contributed by atoms with Gasteiger partial charge in [0, 0.05) is 38.9 Å². The highest BCUT2D eigenvalue weighted by molar-refractivity contribution is 5.63. The number of aliphatic hydroxyl groups is 4. The van der Waals surface area contributed by atoms with Gasteiger partial charge < -0.3 is 97.7 Å². The van der Waals surface area contributed by atoms with Crippen LogP contribution in [0.25, 0.3) is 0 Å². The Morgan fingerprint density at radius 2 is 0.496 bits per heavy atom. The van der Waals surface area contributed by atoms with Crippen LogP contribution < -0.4 is 56.8 Å². The Hall–Kier alpha value is -12.7. The highest BCUT2D eigenvalue weighted by Gasteiger charge is 2.52. The van der Waals surface area contributed by atoms with E-state index in [4.69, 9.17) is 56.8 Å². The molecular formula is C97H98O20. The molecule has 12 aromatic rings. The fourth-order valence-corrected chi connectivity index (χ4v) is 16.3. The van der Waals surface area contributed by atoms with Gasteiger partial charge >= 0.3 is 0 Å². The lowest BCUT2D eigenvalue weighted by Crippen LogP contribution is -2.42. The van der Waals surface area contributed by atoms with Crippen LogP contribution in [-0.2, 0) is 22.4 Å². The summed E-state index contributed by atoms with van der Waals surface area (Å²) in [5, 5.41) is 88.9. The van der Waals surface area contributed by atoms with Gasteiger partial charge in [0.05, 0.1) is 107 Å². The van der Waals surface area contributed by atoms with E-state index < -0.39 is 34.2 Å². The van der Waals surface area contributed by atoms with Crippen molar-refractivity contribution in [2.45, 2.75) is 80.7 Å². The van der Waals surface area contributed by atoms with Gasteiger partial charge in [0.15, 0.2) is 11.5 Å². The molecule has 8 atom stereocenters. The molecule has 8 N–H and O–H groups in total. The molecule has 20 heteroatoms. The number of aromatic hydroxyl groups is 4. The maximum Gasteiger partial charge on any atom is 0.161 e. The Morgan fingerprint density at radius 1 is 0.256 bits per heavy atom. The lowest BCUT2D eigenvalue weighted by molar-refractivity contribution is 0.00977. The van der Waals surface area contributed by atoms with Gasteiger partial charge in [-0.1, -0.05) is 103 Å². The highest BCUT2D eigenvalue weighted by Crippen LogP contribution is 2.57. The van der Waals surface area contributed by atoms with Crippen molar-refractivity contribution < 1.29 is 97.7 Å². The molecule has 0 aromatic heterocycles. The number of phenols is 4. The molecule has 4 heterocycles. The Kier molecular flexibility index (Phi) is 24.2. The second kappa shape index (κ2) is 34.4. The minimum atomic E-state index is -1.40. The first-order valence-electron chi connectivity index (χ1n) is 38.2. The molecule has 16 rings (SSSR count). The number of benzene rings is 12. The summed E-state index contributed by atoms with van der Waals surface area (Å²) in [4.78, 5) is 0. The predicted octanol–water partition coefficient (Wildman–Crippen LogP) is 16.8. The monoisotopic (exact) mass is 1580 g/mol. The van der Waals surface area contributed by atoms with E-state index in [0.717, 1.165) is 73.1 Å². The van der Waals surface area contributed by atoms with Gasteiger partial charge in [-0.15, -0.1) is 0 Å². The molecule has 4 aliphatic rings. The molecule has 0 fully saturated rings. The summed E-state index contributed by atoms with van der Waals surface area (Å²) in [6, 6.07) is 71.4. The number of hydrogen-bond donors (Lipinski definition) is 8. The van der Waals surface area contributed by atoms with Crippen LogP contribution in [0.3, 0.4) is 0 Å². The largest absolute Gasteiger partial charge is 0.508 e. The van der Waals surface area contributed by atoms with Gasteiger partial charge in [-0.2, -0.15) is 0 Å². The first kappa shape index (κ1) is 82.3. The van der Waals surface area contributed by atoms with Gasteiger partial charge in [0.2, 0.25) is 0 Å². The van der Waals surface area contributed by atoms with Crippen LogP contribution in [0.2, 0.25) is 0 Å². The molecule has 12 aromatic carbocycles. The Morgan fingerprint density at radius 3 is 0.769 bits per heavy atom. The van der Waals surface area contributed by atoms with E-state index in [0.29, 0.717) is 97.1 Å². The lowest BCUT2D eigenvalue weighted by atomic mass is 9.71. The molecule has 0 spiro atoms. The first-order valence-corrected chi connectivity index (χ1v) is 38.2. The van der Waals surface area contributed by atoms with E-state index in [1.54, 1.807) is 138 Å².